The molecule has 0 rings (SSSR count). The van der Waals surface area contributed by atoms with E-state index in [1.165, 1.54) is 6.20 Å². The Bertz CT molecular complexity index is 104. The maximum absolute atomic E-state index is 5.13. The minimum absolute atomic E-state index is 0.308. The molecule has 0 spiro atoms. The van der Waals surface area contributed by atoms with Gasteiger partial charge in [0.2, 0.25) is 0 Å². The molecular weight excluding hydrogens is 90.1 g/mol. The van der Waals surface area contributed by atoms with Crippen molar-refractivity contribution < 1.29 is 0 Å². The molecule has 0 amide bonds. The van der Waals surface area contributed by atoms with Crippen molar-refractivity contribution in [3.05, 3.63) is 24.2 Å². The molecule has 0 aliphatic rings. The zero-order valence-corrected chi connectivity index (χ0v) is 4.02. The molecule has 7 heavy (non-hydrogen) atoms. The molecule has 0 atom stereocenters. The molecule has 0 aliphatic heterocycles. The molecule has 0 aliphatic carbocycles. The molecule has 3 nitrogen and oxygen atoms in total. The third-order valence-corrected chi connectivity index (χ3v) is 0.550. The summed E-state index contributed by atoms with van der Waals surface area (Å²) in [6.45, 7) is 3.33. The van der Waals surface area contributed by atoms with Gasteiger partial charge in [0.1, 0.15) is 0 Å². The summed E-state index contributed by atoms with van der Waals surface area (Å²) in [7, 11) is 0. The minimum Gasteiger partial charge on any atom is -0.403 e. The normalized spacial score (nSPS) is 11.1. The molecule has 0 bridgehead atoms. The Morgan fingerprint density at radius 2 is 1.86 bits per heavy atom. The number of rotatable bonds is 1. The van der Waals surface area contributed by atoms with Gasteiger partial charge in [0.05, 0.1) is 5.70 Å². The predicted octanol–water partition coefficient (Wildman–Crippen LogP) is -0.782. The maximum atomic E-state index is 5.13. The Kier molecular flexibility index (Phi) is 1.78. The molecule has 0 aromatic heterocycles. The fourth-order valence-electron chi connectivity index (χ4n) is 0.107. The largest absolute Gasteiger partial charge is 0.403 e. The van der Waals surface area contributed by atoms with Crippen LogP contribution < -0.4 is 17.2 Å². The van der Waals surface area contributed by atoms with Crippen molar-refractivity contribution in [1.29, 1.82) is 0 Å². The SMILES string of the molecule is C=C(N)/C(N)=C/N. The third-order valence-electron chi connectivity index (χ3n) is 0.550. The van der Waals surface area contributed by atoms with Crippen LogP contribution in [0.15, 0.2) is 24.2 Å². The van der Waals surface area contributed by atoms with E-state index in [4.69, 9.17) is 17.2 Å². The first-order valence-electron chi connectivity index (χ1n) is 1.80. The molecule has 3 heteroatoms. The summed E-state index contributed by atoms with van der Waals surface area (Å²) < 4.78 is 0. The van der Waals surface area contributed by atoms with Gasteiger partial charge in [-0.05, 0) is 0 Å². The van der Waals surface area contributed by atoms with Gasteiger partial charge < -0.3 is 17.2 Å². The first kappa shape index (κ1) is 5.88. The van der Waals surface area contributed by atoms with E-state index in [2.05, 4.69) is 6.58 Å². The lowest BCUT2D eigenvalue weighted by atomic mass is 10.4. The molecule has 6 N–H and O–H groups in total. The predicted molar refractivity (Wildman–Crippen MR) is 29.8 cm³/mol. The Labute approximate surface area is 42.5 Å². The average molecular weight is 99.1 g/mol. The van der Waals surface area contributed by atoms with Crippen LogP contribution in [-0.4, -0.2) is 0 Å². The van der Waals surface area contributed by atoms with E-state index in [-0.39, 0.29) is 0 Å². The first-order valence-corrected chi connectivity index (χ1v) is 1.80. The van der Waals surface area contributed by atoms with Crippen LogP contribution in [0.1, 0.15) is 0 Å². The summed E-state index contributed by atoms with van der Waals surface area (Å²) in [5.41, 5.74) is 15.8. The maximum Gasteiger partial charge on any atom is 0.0698 e. The summed E-state index contributed by atoms with van der Waals surface area (Å²) in [5, 5.41) is 0. The molecule has 0 unspecified atom stereocenters. The van der Waals surface area contributed by atoms with Gasteiger partial charge in [-0.2, -0.15) is 0 Å². The fraction of sp³-hybridized carbons (Fsp3) is 0. The molecule has 0 saturated carbocycles. The van der Waals surface area contributed by atoms with Crippen molar-refractivity contribution >= 4 is 0 Å². The van der Waals surface area contributed by atoms with Gasteiger partial charge in [0.15, 0.2) is 0 Å². The summed E-state index contributed by atoms with van der Waals surface area (Å²) in [4.78, 5) is 0. The lowest BCUT2D eigenvalue weighted by molar-refractivity contribution is 1.24. The van der Waals surface area contributed by atoms with Gasteiger partial charge in [-0.25, -0.2) is 0 Å². The lowest BCUT2D eigenvalue weighted by Crippen LogP contribution is -2.09. The van der Waals surface area contributed by atoms with E-state index >= 15 is 0 Å². The molecule has 0 radical (unpaired) electrons. The van der Waals surface area contributed by atoms with Gasteiger partial charge in [-0.3, -0.25) is 0 Å². The van der Waals surface area contributed by atoms with E-state index in [1.54, 1.807) is 0 Å². The zero-order valence-electron chi connectivity index (χ0n) is 4.02. The molecule has 0 fully saturated rings. The minimum atomic E-state index is 0.308. The monoisotopic (exact) mass is 99.1 g/mol. The van der Waals surface area contributed by atoms with Gasteiger partial charge >= 0.3 is 0 Å². The van der Waals surface area contributed by atoms with Gasteiger partial charge in [-0.15, -0.1) is 0 Å². The van der Waals surface area contributed by atoms with Crippen molar-refractivity contribution in [2.24, 2.45) is 17.2 Å². The molecule has 0 heterocycles. The van der Waals surface area contributed by atoms with Crippen LogP contribution in [0.3, 0.4) is 0 Å². The Balaban J connectivity index is 3.82. The topological polar surface area (TPSA) is 78.1 Å². The second kappa shape index (κ2) is 2.12. The highest BCUT2D eigenvalue weighted by Gasteiger charge is 1.83. The summed E-state index contributed by atoms with van der Waals surface area (Å²) in [6, 6.07) is 0. The first-order chi connectivity index (χ1) is 3.18. The van der Waals surface area contributed by atoms with Gasteiger partial charge in [-0.1, -0.05) is 6.58 Å². The van der Waals surface area contributed by atoms with Crippen LogP contribution in [0.2, 0.25) is 0 Å². The average Bonchev–Trinajstić information content (AvgIpc) is 1.65. The van der Waals surface area contributed by atoms with Crippen LogP contribution >= 0.6 is 0 Å². The van der Waals surface area contributed by atoms with Gasteiger partial charge in [0.25, 0.3) is 0 Å². The smallest absolute Gasteiger partial charge is 0.0698 e. The number of nitrogens with two attached hydrogens (primary N) is 3. The Morgan fingerprint density at radius 1 is 1.43 bits per heavy atom. The van der Waals surface area contributed by atoms with Crippen molar-refractivity contribution in [2.75, 3.05) is 0 Å². The van der Waals surface area contributed by atoms with E-state index in [1.807, 2.05) is 0 Å². The van der Waals surface area contributed by atoms with Crippen LogP contribution in [0.5, 0.6) is 0 Å². The summed E-state index contributed by atoms with van der Waals surface area (Å²) in [6.07, 6.45) is 1.21. The summed E-state index contributed by atoms with van der Waals surface area (Å²) >= 11 is 0. The van der Waals surface area contributed by atoms with Crippen molar-refractivity contribution in [3.63, 3.8) is 0 Å². The van der Waals surface area contributed by atoms with E-state index in [0.29, 0.717) is 11.4 Å². The Morgan fingerprint density at radius 3 is 1.86 bits per heavy atom. The highest BCUT2D eigenvalue weighted by molar-refractivity contribution is 5.19. The fourth-order valence-corrected chi connectivity index (χ4v) is 0.107. The highest BCUT2D eigenvalue weighted by Crippen LogP contribution is 1.84. The van der Waals surface area contributed by atoms with E-state index in [9.17, 15) is 0 Å². The van der Waals surface area contributed by atoms with Crippen LogP contribution in [-0.2, 0) is 0 Å². The molecular formula is C4H9N3. The molecule has 40 valence electrons. The Hall–Kier alpha value is -1.12. The lowest BCUT2D eigenvalue weighted by Gasteiger charge is -1.92. The van der Waals surface area contributed by atoms with Crippen molar-refractivity contribution in [1.82, 2.24) is 0 Å². The second-order valence-electron chi connectivity index (χ2n) is 1.15. The van der Waals surface area contributed by atoms with E-state index in [0.717, 1.165) is 0 Å². The highest BCUT2D eigenvalue weighted by atomic mass is 14.7. The van der Waals surface area contributed by atoms with Crippen molar-refractivity contribution in [3.8, 4) is 0 Å². The second-order valence-corrected chi connectivity index (χ2v) is 1.15. The van der Waals surface area contributed by atoms with Crippen molar-refractivity contribution in [2.45, 2.75) is 0 Å². The summed E-state index contributed by atoms with van der Waals surface area (Å²) in [5.74, 6) is 0. The number of hydrogen-bond donors (Lipinski definition) is 3. The van der Waals surface area contributed by atoms with Crippen LogP contribution in [0.4, 0.5) is 0 Å². The standard InChI is InChI=1S/C4H9N3/c1-3(6)4(7)2-5/h2H,1,5-7H2/b4-2-. The quantitative estimate of drug-likeness (QED) is 0.377. The molecule has 0 aromatic carbocycles. The van der Waals surface area contributed by atoms with Crippen LogP contribution in [0.25, 0.3) is 0 Å². The molecule has 0 saturated heterocycles. The van der Waals surface area contributed by atoms with Crippen LogP contribution in [0, 0.1) is 0 Å². The third kappa shape index (κ3) is 1.70. The molecule has 0 aromatic rings. The van der Waals surface area contributed by atoms with Gasteiger partial charge in [0, 0.05) is 11.9 Å². The zero-order chi connectivity index (χ0) is 5.86. The van der Waals surface area contributed by atoms with E-state index < -0.39 is 0 Å². The number of hydrogen-bond acceptors (Lipinski definition) is 3.